The van der Waals surface area contributed by atoms with E-state index in [1.807, 2.05) is 13.0 Å². The second-order valence-electron chi connectivity index (χ2n) is 7.59. The van der Waals surface area contributed by atoms with Crippen LogP contribution in [-0.4, -0.2) is 27.6 Å². The van der Waals surface area contributed by atoms with E-state index in [1.165, 1.54) is 17.7 Å². The summed E-state index contributed by atoms with van der Waals surface area (Å²) in [5.41, 5.74) is 3.80. The van der Waals surface area contributed by atoms with Gasteiger partial charge >= 0.3 is 0 Å². The third-order valence-electron chi connectivity index (χ3n) is 5.49. The number of fused-ring (bicyclic) bond motifs is 2. The summed E-state index contributed by atoms with van der Waals surface area (Å²) in [7, 11) is 0. The Bertz CT molecular complexity index is 1060. The first-order valence-electron chi connectivity index (χ1n) is 9.84. The molecule has 0 unspecified atom stereocenters. The number of aryl methyl sites for hydroxylation is 3. The Morgan fingerprint density at radius 3 is 2.93 bits per heavy atom. The number of carbonyl (C=O) groups is 1. The molecule has 0 aromatic carbocycles. The first-order valence-corrected chi connectivity index (χ1v) is 10.7. The number of nitrogens with zero attached hydrogens (tertiary/aromatic N) is 4. The number of carbonyl (C=O) groups excluding carboxylic acids is 1. The summed E-state index contributed by atoms with van der Waals surface area (Å²) in [5, 5.41) is 5.50. The number of thiazole rings is 1. The van der Waals surface area contributed by atoms with Crippen LogP contribution in [-0.2, 0) is 12.8 Å². The topological polar surface area (TPSA) is 72.1 Å². The molecule has 3 heterocycles. The highest BCUT2D eigenvalue weighted by atomic mass is 32.1. The summed E-state index contributed by atoms with van der Waals surface area (Å²) >= 11 is 1.63. The Hall–Kier alpha value is -2.54. The highest BCUT2D eigenvalue weighted by Gasteiger charge is 2.31. The molecule has 2 aliphatic rings. The molecule has 28 heavy (non-hydrogen) atoms. The van der Waals surface area contributed by atoms with Gasteiger partial charge in [0, 0.05) is 23.0 Å². The van der Waals surface area contributed by atoms with Gasteiger partial charge in [0.1, 0.15) is 0 Å². The zero-order valence-corrected chi connectivity index (χ0v) is 16.7. The fourth-order valence-electron chi connectivity index (χ4n) is 3.85. The minimum atomic E-state index is -0.0911. The van der Waals surface area contributed by atoms with Crippen molar-refractivity contribution in [2.75, 3.05) is 11.4 Å². The fraction of sp³-hybridized carbons (Fsp3) is 0.429. The molecule has 0 radical (unpaired) electrons. The molecule has 0 bridgehead atoms. The van der Waals surface area contributed by atoms with E-state index >= 15 is 0 Å². The smallest absolute Gasteiger partial charge is 0.261 e. The molecular formula is C21H22N4O2S. The lowest BCUT2D eigenvalue weighted by Crippen LogP contribution is -2.31. The van der Waals surface area contributed by atoms with Crippen LogP contribution in [0.25, 0.3) is 11.1 Å². The summed E-state index contributed by atoms with van der Waals surface area (Å²) in [6, 6.07) is 1.93. The van der Waals surface area contributed by atoms with E-state index in [2.05, 4.69) is 16.7 Å². The first-order chi connectivity index (χ1) is 13.7. The predicted molar refractivity (Wildman–Crippen MR) is 109 cm³/mol. The van der Waals surface area contributed by atoms with Gasteiger partial charge in [-0.05, 0) is 51.5 Å². The van der Waals surface area contributed by atoms with Crippen LogP contribution in [0.4, 0.5) is 5.13 Å². The fourth-order valence-corrected chi connectivity index (χ4v) is 5.00. The number of pyridine rings is 1. The van der Waals surface area contributed by atoms with E-state index in [9.17, 15) is 4.79 Å². The van der Waals surface area contributed by atoms with E-state index in [0.29, 0.717) is 34.8 Å². The van der Waals surface area contributed by atoms with Crippen molar-refractivity contribution in [1.82, 2.24) is 15.1 Å². The number of rotatable bonds is 5. The molecule has 3 aromatic heterocycles. The lowest BCUT2D eigenvalue weighted by molar-refractivity contribution is 0.0991. The van der Waals surface area contributed by atoms with Crippen LogP contribution in [0, 0.1) is 6.92 Å². The Labute approximate surface area is 167 Å². The third kappa shape index (κ3) is 2.94. The molecule has 0 spiro atoms. The Morgan fingerprint density at radius 2 is 2.18 bits per heavy atom. The van der Waals surface area contributed by atoms with E-state index in [4.69, 9.17) is 9.51 Å². The van der Waals surface area contributed by atoms with Crippen LogP contribution in [0.1, 0.15) is 63.9 Å². The van der Waals surface area contributed by atoms with Gasteiger partial charge in [-0.3, -0.25) is 9.69 Å². The van der Waals surface area contributed by atoms with Crippen molar-refractivity contribution in [3.05, 3.63) is 46.2 Å². The van der Waals surface area contributed by atoms with Crippen LogP contribution < -0.4 is 4.90 Å². The van der Waals surface area contributed by atoms with Gasteiger partial charge in [-0.2, -0.15) is 0 Å². The van der Waals surface area contributed by atoms with Gasteiger partial charge in [0.05, 0.1) is 22.3 Å². The normalized spacial score (nSPS) is 16.2. The van der Waals surface area contributed by atoms with Crippen LogP contribution in [0.3, 0.4) is 0 Å². The summed E-state index contributed by atoms with van der Waals surface area (Å²) in [6.45, 7) is 6.11. The molecule has 3 aromatic rings. The van der Waals surface area contributed by atoms with Crippen LogP contribution in [0.5, 0.6) is 0 Å². The molecule has 0 atom stereocenters. The van der Waals surface area contributed by atoms with E-state index in [-0.39, 0.29) is 5.91 Å². The maximum atomic E-state index is 13.7. The van der Waals surface area contributed by atoms with Gasteiger partial charge in [0.25, 0.3) is 11.6 Å². The average Bonchev–Trinajstić information content (AvgIpc) is 3.37. The van der Waals surface area contributed by atoms with Gasteiger partial charge < -0.3 is 4.52 Å². The van der Waals surface area contributed by atoms with Gasteiger partial charge in [0.15, 0.2) is 5.13 Å². The lowest BCUT2D eigenvalue weighted by Gasteiger charge is -2.19. The second kappa shape index (κ2) is 6.81. The van der Waals surface area contributed by atoms with Gasteiger partial charge in [0.2, 0.25) is 0 Å². The van der Waals surface area contributed by atoms with Crippen molar-refractivity contribution in [2.45, 2.75) is 51.4 Å². The molecular weight excluding hydrogens is 372 g/mol. The Balaban J connectivity index is 1.60. The quantitative estimate of drug-likeness (QED) is 0.593. The maximum absolute atomic E-state index is 13.7. The summed E-state index contributed by atoms with van der Waals surface area (Å²) in [5.74, 6) is 0.327. The molecule has 5 rings (SSSR count). The molecule has 6 nitrogen and oxygen atoms in total. The molecule has 1 fully saturated rings. The van der Waals surface area contributed by atoms with Crippen molar-refractivity contribution in [3.8, 4) is 0 Å². The summed E-state index contributed by atoms with van der Waals surface area (Å²) in [4.78, 5) is 26.1. The monoisotopic (exact) mass is 394 g/mol. The molecule has 7 heteroatoms. The molecule has 1 amide bonds. The first kappa shape index (κ1) is 17.6. The van der Waals surface area contributed by atoms with Crippen molar-refractivity contribution in [3.63, 3.8) is 0 Å². The number of anilines is 1. The number of aromatic nitrogens is 3. The molecule has 144 valence electrons. The standard InChI is InChI=1S/C21H22N4O2S/c1-3-10-25(21-23-15-6-4-5-7-17(15)28-21)20(26)14-11-16(13-8-9-13)22-19-18(14)12(2)24-27-19/h3,11,13H,1,4-10H2,2H3. The van der Waals surface area contributed by atoms with Crippen molar-refractivity contribution < 1.29 is 9.32 Å². The highest BCUT2D eigenvalue weighted by molar-refractivity contribution is 7.16. The zero-order valence-electron chi connectivity index (χ0n) is 15.9. The van der Waals surface area contributed by atoms with E-state index in [0.717, 1.165) is 42.2 Å². The number of hydrogen-bond acceptors (Lipinski definition) is 6. The molecule has 2 aliphatic carbocycles. The predicted octanol–water partition coefficient (Wildman–Crippen LogP) is 4.58. The zero-order chi connectivity index (χ0) is 19.3. The minimum absolute atomic E-state index is 0.0911. The minimum Gasteiger partial charge on any atom is -0.336 e. The lowest BCUT2D eigenvalue weighted by atomic mass is 10.0. The Kier molecular flexibility index (Phi) is 4.27. The number of hydrogen-bond donors (Lipinski definition) is 0. The van der Waals surface area contributed by atoms with Crippen molar-refractivity contribution in [1.29, 1.82) is 0 Å². The Morgan fingerprint density at radius 1 is 1.36 bits per heavy atom. The SMILES string of the molecule is C=CCN(C(=O)c1cc(C2CC2)nc2onc(C)c12)c1nc2c(s1)CCCC2. The number of amides is 1. The van der Waals surface area contributed by atoms with E-state index < -0.39 is 0 Å². The summed E-state index contributed by atoms with van der Waals surface area (Å²) < 4.78 is 5.40. The van der Waals surface area contributed by atoms with Crippen molar-refractivity contribution in [2.24, 2.45) is 0 Å². The third-order valence-corrected chi connectivity index (χ3v) is 6.67. The summed E-state index contributed by atoms with van der Waals surface area (Å²) in [6.07, 6.45) is 8.38. The molecule has 1 saturated carbocycles. The molecule has 0 aliphatic heterocycles. The van der Waals surface area contributed by atoms with Gasteiger partial charge in [-0.1, -0.05) is 11.2 Å². The van der Waals surface area contributed by atoms with Crippen molar-refractivity contribution >= 4 is 33.5 Å². The molecule has 0 N–H and O–H groups in total. The second-order valence-corrected chi connectivity index (χ2v) is 8.66. The van der Waals surface area contributed by atoms with E-state index in [1.54, 1.807) is 22.3 Å². The average molecular weight is 395 g/mol. The highest BCUT2D eigenvalue weighted by Crippen LogP contribution is 2.41. The van der Waals surface area contributed by atoms with Gasteiger partial charge in [-0.15, -0.1) is 17.9 Å². The van der Waals surface area contributed by atoms with Crippen LogP contribution >= 0.6 is 11.3 Å². The largest absolute Gasteiger partial charge is 0.336 e. The maximum Gasteiger partial charge on any atom is 0.261 e. The molecule has 0 saturated heterocycles. The van der Waals surface area contributed by atoms with Crippen LogP contribution in [0.15, 0.2) is 23.2 Å². The van der Waals surface area contributed by atoms with Gasteiger partial charge in [-0.25, -0.2) is 9.97 Å². The van der Waals surface area contributed by atoms with Crippen LogP contribution in [0.2, 0.25) is 0 Å².